The summed E-state index contributed by atoms with van der Waals surface area (Å²) in [6.07, 6.45) is 5.83. The molecule has 2 atom stereocenters. The Morgan fingerprint density at radius 3 is 2.65 bits per heavy atom. The smallest absolute Gasteiger partial charge is 0.335 e. The molecule has 1 aliphatic carbocycles. The third-order valence-corrected chi connectivity index (χ3v) is 4.67. The van der Waals surface area contributed by atoms with Gasteiger partial charge in [-0.05, 0) is 43.2 Å². The van der Waals surface area contributed by atoms with E-state index in [1.807, 2.05) is 0 Å². The van der Waals surface area contributed by atoms with E-state index in [9.17, 15) is 9.90 Å². The van der Waals surface area contributed by atoms with Crippen molar-refractivity contribution in [2.45, 2.75) is 39.0 Å². The second kappa shape index (κ2) is 5.43. The first kappa shape index (κ1) is 13.4. The van der Waals surface area contributed by atoms with E-state index in [-0.39, 0.29) is 0 Å². The number of carboxylic acid groups (broad SMARTS) is 1. The van der Waals surface area contributed by atoms with E-state index < -0.39 is 5.97 Å². The van der Waals surface area contributed by atoms with Crippen molar-refractivity contribution in [3.05, 3.63) is 23.4 Å². The van der Waals surface area contributed by atoms with Crippen LogP contribution < -0.4 is 4.90 Å². The Balaban J connectivity index is 1.86. The lowest BCUT2D eigenvalue weighted by Crippen LogP contribution is -2.22. The van der Waals surface area contributed by atoms with Gasteiger partial charge in [0.2, 0.25) is 0 Å². The van der Waals surface area contributed by atoms with Gasteiger partial charge in [-0.1, -0.05) is 19.8 Å². The quantitative estimate of drug-likeness (QED) is 0.917. The van der Waals surface area contributed by atoms with E-state index in [1.54, 1.807) is 12.1 Å². The number of aryl methyl sites for hydroxylation is 1. The molecule has 0 spiro atoms. The molecule has 2 aliphatic rings. The van der Waals surface area contributed by atoms with E-state index in [1.165, 1.54) is 19.3 Å². The van der Waals surface area contributed by atoms with Gasteiger partial charge < -0.3 is 10.0 Å². The van der Waals surface area contributed by atoms with Gasteiger partial charge in [-0.3, -0.25) is 0 Å². The maximum Gasteiger partial charge on any atom is 0.335 e. The molecule has 108 valence electrons. The van der Waals surface area contributed by atoms with Crippen LogP contribution in [-0.2, 0) is 6.42 Å². The lowest BCUT2D eigenvalue weighted by Gasteiger charge is -2.19. The lowest BCUT2D eigenvalue weighted by atomic mass is 10.0. The number of rotatable bonds is 4. The Labute approximate surface area is 119 Å². The number of hydrogen-bond donors (Lipinski definition) is 1. The number of aromatic carboxylic acids is 1. The van der Waals surface area contributed by atoms with Crippen LogP contribution in [0.25, 0.3) is 0 Å². The maximum atomic E-state index is 11.3. The number of anilines is 1. The van der Waals surface area contributed by atoms with Crippen molar-refractivity contribution in [3.63, 3.8) is 0 Å². The number of fused-ring (bicyclic) bond motifs is 1. The average molecular weight is 274 g/mol. The molecule has 4 nitrogen and oxygen atoms in total. The molecule has 20 heavy (non-hydrogen) atoms. The zero-order valence-electron chi connectivity index (χ0n) is 12.0. The number of carboxylic acids is 1. The third-order valence-electron chi connectivity index (χ3n) is 4.67. The standard InChI is InChI=1S/C16H22N2O2/c1-2-4-14-7-13(16(19)20)8-15(17-14)18-9-11-5-3-6-12(11)10-18/h7-8,11-12H,2-6,9-10H2,1H3,(H,19,20). The van der Waals surface area contributed by atoms with Gasteiger partial charge in [-0.25, -0.2) is 9.78 Å². The third kappa shape index (κ3) is 2.51. The molecule has 1 aromatic heterocycles. The zero-order chi connectivity index (χ0) is 14.1. The van der Waals surface area contributed by atoms with Crippen LogP contribution in [0, 0.1) is 11.8 Å². The summed E-state index contributed by atoms with van der Waals surface area (Å²) >= 11 is 0. The van der Waals surface area contributed by atoms with Crippen LogP contribution in [0.3, 0.4) is 0 Å². The summed E-state index contributed by atoms with van der Waals surface area (Å²) in [5.74, 6) is 1.59. The predicted octanol–water partition coefficient (Wildman–Crippen LogP) is 2.97. The first-order valence-corrected chi connectivity index (χ1v) is 7.66. The fourth-order valence-electron chi connectivity index (χ4n) is 3.66. The van der Waals surface area contributed by atoms with Crippen LogP contribution in [-0.4, -0.2) is 29.1 Å². The fourth-order valence-corrected chi connectivity index (χ4v) is 3.66. The molecule has 0 radical (unpaired) electrons. The molecule has 0 amide bonds. The van der Waals surface area contributed by atoms with Crippen LogP contribution in [0.2, 0.25) is 0 Å². The highest BCUT2D eigenvalue weighted by Crippen LogP contribution is 2.39. The molecular weight excluding hydrogens is 252 g/mol. The first-order valence-electron chi connectivity index (χ1n) is 7.66. The molecule has 4 heteroatoms. The highest BCUT2D eigenvalue weighted by molar-refractivity contribution is 5.88. The second-order valence-electron chi connectivity index (χ2n) is 6.12. The van der Waals surface area contributed by atoms with Gasteiger partial charge >= 0.3 is 5.97 Å². The molecule has 1 aliphatic heterocycles. The van der Waals surface area contributed by atoms with Gasteiger partial charge in [0.15, 0.2) is 0 Å². The minimum atomic E-state index is -0.856. The molecule has 2 unspecified atom stereocenters. The summed E-state index contributed by atoms with van der Waals surface area (Å²) in [6, 6.07) is 3.45. The van der Waals surface area contributed by atoms with Crippen molar-refractivity contribution in [3.8, 4) is 0 Å². The van der Waals surface area contributed by atoms with E-state index >= 15 is 0 Å². The van der Waals surface area contributed by atoms with Gasteiger partial charge in [0.05, 0.1) is 5.56 Å². The number of pyridine rings is 1. The maximum absolute atomic E-state index is 11.3. The highest BCUT2D eigenvalue weighted by atomic mass is 16.4. The molecular formula is C16H22N2O2. The Morgan fingerprint density at radius 2 is 2.05 bits per heavy atom. The van der Waals surface area contributed by atoms with E-state index in [0.717, 1.165) is 49.3 Å². The summed E-state index contributed by atoms with van der Waals surface area (Å²) in [6.45, 7) is 4.19. The van der Waals surface area contributed by atoms with E-state index in [2.05, 4.69) is 16.8 Å². The Kier molecular flexibility index (Phi) is 3.64. The molecule has 2 fully saturated rings. The molecule has 1 saturated heterocycles. The van der Waals surface area contributed by atoms with Crippen molar-refractivity contribution >= 4 is 11.8 Å². The number of nitrogens with zero attached hydrogens (tertiary/aromatic N) is 2. The van der Waals surface area contributed by atoms with Crippen LogP contribution in [0.1, 0.15) is 48.7 Å². The van der Waals surface area contributed by atoms with Gasteiger partial charge in [0.25, 0.3) is 0 Å². The van der Waals surface area contributed by atoms with Gasteiger partial charge in [0.1, 0.15) is 5.82 Å². The minimum absolute atomic E-state index is 0.371. The largest absolute Gasteiger partial charge is 0.478 e. The summed E-state index contributed by atoms with van der Waals surface area (Å²) in [4.78, 5) is 18.2. The SMILES string of the molecule is CCCc1cc(C(=O)O)cc(N2CC3CCCC3C2)n1. The highest BCUT2D eigenvalue weighted by Gasteiger charge is 2.36. The first-order chi connectivity index (χ1) is 9.67. The normalized spacial score (nSPS) is 24.9. The number of carbonyl (C=O) groups is 1. The van der Waals surface area contributed by atoms with E-state index in [4.69, 9.17) is 0 Å². The van der Waals surface area contributed by atoms with Crippen LogP contribution >= 0.6 is 0 Å². The summed E-state index contributed by atoms with van der Waals surface area (Å²) in [5.41, 5.74) is 1.27. The molecule has 1 saturated carbocycles. The zero-order valence-corrected chi connectivity index (χ0v) is 12.0. The Hall–Kier alpha value is -1.58. The molecule has 0 aromatic carbocycles. The van der Waals surface area contributed by atoms with Crippen molar-refractivity contribution in [2.75, 3.05) is 18.0 Å². The monoisotopic (exact) mass is 274 g/mol. The molecule has 0 bridgehead atoms. The van der Waals surface area contributed by atoms with Gasteiger partial charge in [-0.2, -0.15) is 0 Å². The van der Waals surface area contributed by atoms with Crippen molar-refractivity contribution < 1.29 is 9.90 Å². The van der Waals surface area contributed by atoms with E-state index in [0.29, 0.717) is 5.56 Å². The molecule has 1 aromatic rings. The minimum Gasteiger partial charge on any atom is -0.478 e. The average Bonchev–Trinajstić information content (AvgIpc) is 2.99. The van der Waals surface area contributed by atoms with Crippen molar-refractivity contribution in [1.29, 1.82) is 0 Å². The predicted molar refractivity (Wildman–Crippen MR) is 78.2 cm³/mol. The molecule has 3 rings (SSSR count). The van der Waals surface area contributed by atoms with Crippen LogP contribution in [0.4, 0.5) is 5.82 Å². The van der Waals surface area contributed by atoms with Gasteiger partial charge in [-0.15, -0.1) is 0 Å². The van der Waals surface area contributed by atoms with Crippen LogP contribution in [0.15, 0.2) is 12.1 Å². The van der Waals surface area contributed by atoms with Gasteiger partial charge in [0, 0.05) is 18.8 Å². The van der Waals surface area contributed by atoms with Crippen molar-refractivity contribution in [2.24, 2.45) is 11.8 Å². The summed E-state index contributed by atoms with van der Waals surface area (Å²) < 4.78 is 0. The second-order valence-corrected chi connectivity index (χ2v) is 6.12. The van der Waals surface area contributed by atoms with Crippen LogP contribution in [0.5, 0.6) is 0 Å². The fraction of sp³-hybridized carbons (Fsp3) is 0.625. The molecule has 2 heterocycles. The molecule has 1 N–H and O–H groups in total. The summed E-state index contributed by atoms with van der Waals surface area (Å²) in [7, 11) is 0. The summed E-state index contributed by atoms with van der Waals surface area (Å²) in [5, 5.41) is 9.26. The number of hydrogen-bond acceptors (Lipinski definition) is 3. The lowest BCUT2D eigenvalue weighted by molar-refractivity contribution is 0.0696. The van der Waals surface area contributed by atoms with Crippen molar-refractivity contribution in [1.82, 2.24) is 4.98 Å². The Bertz CT molecular complexity index is 503. The topological polar surface area (TPSA) is 53.4 Å². The number of aromatic nitrogens is 1. The Morgan fingerprint density at radius 1 is 1.35 bits per heavy atom.